The molecule has 1 aromatic heterocycles. The molecule has 0 aliphatic carbocycles. The Hall–Kier alpha value is -0.870. The summed E-state index contributed by atoms with van der Waals surface area (Å²) in [6.45, 7) is 3.43. The number of imidazole rings is 1. The fourth-order valence-electron chi connectivity index (χ4n) is 1.10. The van der Waals surface area contributed by atoms with Gasteiger partial charge in [-0.2, -0.15) is 0 Å². The Kier molecular flexibility index (Phi) is 3.25. The summed E-state index contributed by atoms with van der Waals surface area (Å²) in [4.78, 5) is 4.15. The number of hydrogen-bond acceptors (Lipinski definition) is 3. The number of nitrogens with zero attached hydrogens (tertiary/aromatic N) is 2. The highest BCUT2D eigenvalue weighted by atomic mass is 16.5. The van der Waals surface area contributed by atoms with Crippen molar-refractivity contribution in [2.75, 3.05) is 13.7 Å². The van der Waals surface area contributed by atoms with Gasteiger partial charge in [-0.05, 0) is 6.92 Å². The summed E-state index contributed by atoms with van der Waals surface area (Å²) in [6, 6.07) is -0.0168. The van der Waals surface area contributed by atoms with Crippen LogP contribution in [0.4, 0.5) is 0 Å². The van der Waals surface area contributed by atoms with E-state index >= 15 is 0 Å². The maximum absolute atomic E-state index is 5.71. The Bertz CT molecular complexity index is 232. The number of hydrogen-bond donors (Lipinski definition) is 1. The molecule has 1 unspecified atom stereocenters. The molecule has 0 aliphatic rings. The Balaban J connectivity index is 2.64. The maximum atomic E-state index is 5.71. The zero-order chi connectivity index (χ0) is 8.97. The highest BCUT2D eigenvalue weighted by Gasteiger charge is 2.05. The molecule has 68 valence electrons. The molecule has 0 spiro atoms. The average molecular weight is 169 g/mol. The molecule has 4 nitrogen and oxygen atoms in total. The third-order valence-corrected chi connectivity index (χ3v) is 1.69. The number of aromatic nitrogens is 2. The molecular weight excluding hydrogens is 154 g/mol. The smallest absolute Gasteiger partial charge is 0.125 e. The maximum Gasteiger partial charge on any atom is 0.125 e. The van der Waals surface area contributed by atoms with Crippen molar-refractivity contribution in [2.45, 2.75) is 19.5 Å². The lowest BCUT2D eigenvalue weighted by atomic mass is 10.3. The van der Waals surface area contributed by atoms with Crippen LogP contribution >= 0.6 is 0 Å². The van der Waals surface area contributed by atoms with Crippen molar-refractivity contribution in [3.05, 3.63) is 18.2 Å². The van der Waals surface area contributed by atoms with Crippen molar-refractivity contribution >= 4 is 0 Å². The van der Waals surface area contributed by atoms with E-state index in [-0.39, 0.29) is 6.04 Å². The molecule has 0 fully saturated rings. The monoisotopic (exact) mass is 169 g/mol. The van der Waals surface area contributed by atoms with Crippen LogP contribution in [0.25, 0.3) is 0 Å². The standard InChI is InChI=1S/C8H15N3O/c1-7(9)8-10-3-4-11(8)5-6-12-2/h3-4,7H,5-6,9H2,1-2H3. The molecule has 1 heterocycles. The minimum atomic E-state index is -0.0168. The Labute approximate surface area is 72.3 Å². The summed E-state index contributed by atoms with van der Waals surface area (Å²) in [6.07, 6.45) is 3.67. The van der Waals surface area contributed by atoms with Gasteiger partial charge in [0, 0.05) is 26.0 Å². The molecule has 0 amide bonds. The van der Waals surface area contributed by atoms with Gasteiger partial charge in [0.2, 0.25) is 0 Å². The second-order valence-corrected chi connectivity index (χ2v) is 2.76. The normalized spacial score (nSPS) is 13.2. The summed E-state index contributed by atoms with van der Waals surface area (Å²) < 4.78 is 6.97. The van der Waals surface area contributed by atoms with Crippen LogP contribution in [0.3, 0.4) is 0 Å². The van der Waals surface area contributed by atoms with Crippen molar-refractivity contribution < 1.29 is 4.74 Å². The minimum Gasteiger partial charge on any atom is -0.383 e. The van der Waals surface area contributed by atoms with Crippen molar-refractivity contribution in [1.82, 2.24) is 9.55 Å². The second kappa shape index (κ2) is 4.23. The van der Waals surface area contributed by atoms with Crippen molar-refractivity contribution in [3.63, 3.8) is 0 Å². The highest BCUT2D eigenvalue weighted by Crippen LogP contribution is 2.05. The van der Waals surface area contributed by atoms with Gasteiger partial charge < -0.3 is 15.0 Å². The van der Waals surface area contributed by atoms with E-state index < -0.39 is 0 Å². The number of nitrogens with two attached hydrogens (primary N) is 1. The third-order valence-electron chi connectivity index (χ3n) is 1.69. The summed E-state index contributed by atoms with van der Waals surface area (Å²) in [5, 5.41) is 0. The molecule has 1 aromatic rings. The molecule has 0 saturated carbocycles. The van der Waals surface area contributed by atoms with Crippen molar-refractivity contribution in [2.24, 2.45) is 5.73 Å². The number of methoxy groups -OCH3 is 1. The summed E-state index contributed by atoms with van der Waals surface area (Å²) in [5.74, 6) is 0.909. The zero-order valence-electron chi connectivity index (χ0n) is 7.53. The molecule has 1 rings (SSSR count). The quantitative estimate of drug-likeness (QED) is 0.716. The van der Waals surface area contributed by atoms with Gasteiger partial charge in [0.15, 0.2) is 0 Å². The van der Waals surface area contributed by atoms with Crippen LogP contribution in [0.5, 0.6) is 0 Å². The Morgan fingerprint density at radius 2 is 2.50 bits per heavy atom. The van der Waals surface area contributed by atoms with Crippen LogP contribution < -0.4 is 5.73 Å². The van der Waals surface area contributed by atoms with E-state index in [1.54, 1.807) is 13.3 Å². The van der Waals surface area contributed by atoms with Crippen LogP contribution in [-0.4, -0.2) is 23.3 Å². The predicted octanol–water partition coefficient (Wildman–Crippen LogP) is 0.549. The van der Waals surface area contributed by atoms with Gasteiger partial charge in [0.25, 0.3) is 0 Å². The van der Waals surface area contributed by atoms with Crippen LogP contribution in [0, 0.1) is 0 Å². The minimum absolute atomic E-state index is 0.0168. The fraction of sp³-hybridized carbons (Fsp3) is 0.625. The van der Waals surface area contributed by atoms with E-state index in [1.165, 1.54) is 0 Å². The number of ether oxygens (including phenoxy) is 1. The van der Waals surface area contributed by atoms with E-state index in [4.69, 9.17) is 10.5 Å². The second-order valence-electron chi connectivity index (χ2n) is 2.76. The topological polar surface area (TPSA) is 53.1 Å². The summed E-state index contributed by atoms with van der Waals surface area (Å²) in [7, 11) is 1.68. The predicted molar refractivity (Wildman–Crippen MR) is 46.7 cm³/mol. The van der Waals surface area contributed by atoms with E-state index in [0.29, 0.717) is 6.61 Å². The Morgan fingerprint density at radius 1 is 1.75 bits per heavy atom. The lowest BCUT2D eigenvalue weighted by molar-refractivity contribution is 0.186. The highest BCUT2D eigenvalue weighted by molar-refractivity contribution is 4.96. The summed E-state index contributed by atoms with van der Waals surface area (Å²) in [5.41, 5.74) is 5.71. The lowest BCUT2D eigenvalue weighted by Crippen LogP contribution is -2.15. The molecular formula is C8H15N3O. The van der Waals surface area contributed by atoms with E-state index in [1.807, 2.05) is 17.7 Å². The van der Waals surface area contributed by atoms with Crippen LogP contribution in [0.1, 0.15) is 18.8 Å². The Morgan fingerprint density at radius 3 is 3.08 bits per heavy atom. The first-order chi connectivity index (χ1) is 5.75. The third kappa shape index (κ3) is 2.06. The summed E-state index contributed by atoms with van der Waals surface area (Å²) >= 11 is 0. The van der Waals surface area contributed by atoms with Gasteiger partial charge in [-0.1, -0.05) is 0 Å². The molecule has 0 aromatic carbocycles. The lowest BCUT2D eigenvalue weighted by Gasteiger charge is -2.08. The first kappa shape index (κ1) is 9.22. The first-order valence-electron chi connectivity index (χ1n) is 4.01. The van der Waals surface area contributed by atoms with Crippen molar-refractivity contribution in [1.29, 1.82) is 0 Å². The van der Waals surface area contributed by atoms with Crippen LogP contribution in [-0.2, 0) is 11.3 Å². The van der Waals surface area contributed by atoms with E-state index in [0.717, 1.165) is 12.4 Å². The van der Waals surface area contributed by atoms with Crippen LogP contribution in [0.15, 0.2) is 12.4 Å². The molecule has 0 saturated heterocycles. The number of rotatable bonds is 4. The fourth-order valence-corrected chi connectivity index (χ4v) is 1.10. The zero-order valence-corrected chi connectivity index (χ0v) is 7.53. The molecule has 0 aliphatic heterocycles. The van der Waals surface area contributed by atoms with Gasteiger partial charge >= 0.3 is 0 Å². The average Bonchev–Trinajstić information content (AvgIpc) is 2.48. The molecule has 2 N–H and O–H groups in total. The van der Waals surface area contributed by atoms with E-state index in [9.17, 15) is 0 Å². The molecule has 1 atom stereocenters. The van der Waals surface area contributed by atoms with Gasteiger partial charge in [0.05, 0.1) is 12.6 Å². The molecule has 0 radical (unpaired) electrons. The van der Waals surface area contributed by atoms with E-state index in [2.05, 4.69) is 4.98 Å². The first-order valence-corrected chi connectivity index (χ1v) is 4.01. The molecule has 12 heavy (non-hydrogen) atoms. The molecule has 4 heteroatoms. The molecule has 0 bridgehead atoms. The van der Waals surface area contributed by atoms with Gasteiger partial charge in [0.1, 0.15) is 5.82 Å². The van der Waals surface area contributed by atoms with Crippen LogP contribution in [0.2, 0.25) is 0 Å². The van der Waals surface area contributed by atoms with Gasteiger partial charge in [-0.15, -0.1) is 0 Å². The van der Waals surface area contributed by atoms with Gasteiger partial charge in [-0.25, -0.2) is 4.98 Å². The SMILES string of the molecule is COCCn1ccnc1C(C)N. The van der Waals surface area contributed by atoms with Crippen molar-refractivity contribution in [3.8, 4) is 0 Å². The van der Waals surface area contributed by atoms with Gasteiger partial charge in [-0.3, -0.25) is 0 Å². The largest absolute Gasteiger partial charge is 0.383 e.